The molecule has 1 heterocycles. The Morgan fingerprint density at radius 2 is 1.57 bits per heavy atom. The summed E-state index contributed by atoms with van der Waals surface area (Å²) in [5.74, 6) is 0.0110. The number of hydrogen-bond donors (Lipinski definition) is 0. The van der Waals surface area contributed by atoms with E-state index < -0.39 is 5.82 Å². The van der Waals surface area contributed by atoms with Gasteiger partial charge in [-0.2, -0.15) is 5.26 Å². The minimum absolute atomic E-state index is 0.0166. The Labute approximate surface area is 204 Å². The normalized spacial score (nSPS) is 11.0. The number of aryl methyl sites for hydroxylation is 5. The number of aromatic nitrogens is 2. The molecular weight excluding hydrogens is 444 g/mol. The average molecular weight is 472 g/mol. The van der Waals surface area contributed by atoms with Crippen molar-refractivity contribution in [2.45, 2.75) is 38.5 Å². The van der Waals surface area contributed by atoms with E-state index in [2.05, 4.69) is 9.97 Å². The Bertz CT molecular complexity index is 1350. The molecule has 0 spiro atoms. The van der Waals surface area contributed by atoms with Gasteiger partial charge in [0.1, 0.15) is 23.5 Å². The molecule has 4 rings (SSSR count). The molecule has 0 bridgehead atoms. The monoisotopic (exact) mass is 471 g/mol. The highest BCUT2D eigenvalue weighted by Crippen LogP contribution is 2.24. The summed E-state index contributed by atoms with van der Waals surface area (Å²) in [6.07, 6.45) is 8.03. The van der Waals surface area contributed by atoms with Crippen molar-refractivity contribution in [1.29, 1.82) is 5.26 Å². The third kappa shape index (κ3) is 6.26. The highest BCUT2D eigenvalue weighted by atomic mass is 19.1. The first-order valence-corrected chi connectivity index (χ1v) is 11.7. The van der Waals surface area contributed by atoms with E-state index in [0.717, 1.165) is 53.8 Å². The predicted molar refractivity (Wildman–Crippen MR) is 132 cm³/mol. The Morgan fingerprint density at radius 3 is 2.31 bits per heavy atom. The fraction of sp³-hybridized carbons (Fsp3) is 0.276. The molecule has 35 heavy (non-hydrogen) atoms. The maximum Gasteiger partial charge on any atom is 0.141 e. The van der Waals surface area contributed by atoms with Crippen LogP contribution in [0.4, 0.5) is 8.78 Å². The molecule has 0 atom stereocenters. The van der Waals surface area contributed by atoms with Crippen molar-refractivity contribution < 1.29 is 13.5 Å². The van der Waals surface area contributed by atoms with E-state index in [1.165, 1.54) is 12.1 Å². The summed E-state index contributed by atoms with van der Waals surface area (Å²) in [6.45, 7) is 0.725. The summed E-state index contributed by atoms with van der Waals surface area (Å²) in [5, 5.41) is 10.3. The summed E-state index contributed by atoms with van der Waals surface area (Å²) in [4.78, 5) is 8.94. The maximum absolute atomic E-state index is 15.2. The topological polar surface area (TPSA) is 58.8 Å². The van der Waals surface area contributed by atoms with Crippen molar-refractivity contribution in [1.82, 2.24) is 9.97 Å². The first kappa shape index (κ1) is 24.4. The number of nitrogens with zero attached hydrogens (tertiary/aromatic N) is 3. The largest absolute Gasteiger partial charge is 0.385 e. The summed E-state index contributed by atoms with van der Waals surface area (Å²) < 4.78 is 34.1. The zero-order valence-electron chi connectivity index (χ0n) is 19.7. The average Bonchev–Trinajstić information content (AvgIpc) is 2.88. The highest BCUT2D eigenvalue weighted by molar-refractivity contribution is 5.84. The summed E-state index contributed by atoms with van der Waals surface area (Å²) in [5.41, 5.74) is 3.55. The number of fused-ring (bicyclic) bond motifs is 1. The number of rotatable bonds is 10. The van der Waals surface area contributed by atoms with Crippen LogP contribution in [-0.4, -0.2) is 23.7 Å². The second-order valence-electron chi connectivity index (χ2n) is 8.62. The van der Waals surface area contributed by atoms with Gasteiger partial charge in [-0.3, -0.25) is 0 Å². The molecule has 3 aromatic carbocycles. The third-order valence-corrected chi connectivity index (χ3v) is 6.15. The Morgan fingerprint density at radius 1 is 0.829 bits per heavy atom. The van der Waals surface area contributed by atoms with Crippen LogP contribution in [0.15, 0.2) is 60.9 Å². The molecule has 0 saturated heterocycles. The third-order valence-electron chi connectivity index (χ3n) is 6.15. The standard InChI is InChI=1S/C29H27F2N3O/c1-35-14-2-3-22-18-33-28(34-19-22)13-7-20-6-12-26-24(15-20)11-10-23(29(26)31)8-4-21-5-9-25(17-32)27(30)16-21/h5-6,9-12,15-16,18-19H,2-4,7-8,13-14H2,1H3. The molecule has 0 saturated carbocycles. The minimum atomic E-state index is -0.542. The van der Waals surface area contributed by atoms with Crippen LogP contribution < -0.4 is 0 Å². The van der Waals surface area contributed by atoms with E-state index in [9.17, 15) is 4.39 Å². The zero-order chi connectivity index (χ0) is 24.6. The van der Waals surface area contributed by atoms with Gasteiger partial charge in [0.15, 0.2) is 0 Å². The van der Waals surface area contributed by atoms with Crippen LogP contribution in [0.2, 0.25) is 0 Å². The summed E-state index contributed by atoms with van der Waals surface area (Å²) >= 11 is 0. The van der Waals surface area contributed by atoms with Gasteiger partial charge in [-0.1, -0.05) is 36.4 Å². The Hall–Kier alpha value is -3.69. The molecule has 0 aliphatic carbocycles. The lowest BCUT2D eigenvalue weighted by atomic mass is 9.98. The van der Waals surface area contributed by atoms with Crippen molar-refractivity contribution in [3.8, 4) is 6.07 Å². The van der Waals surface area contributed by atoms with E-state index in [-0.39, 0.29) is 11.4 Å². The predicted octanol–water partition coefficient (Wildman–Crippen LogP) is 5.93. The van der Waals surface area contributed by atoms with Crippen LogP contribution in [0.1, 0.15) is 40.1 Å². The van der Waals surface area contributed by atoms with Crippen molar-refractivity contribution in [3.63, 3.8) is 0 Å². The smallest absolute Gasteiger partial charge is 0.141 e. The molecule has 6 heteroatoms. The first-order chi connectivity index (χ1) is 17.1. The van der Waals surface area contributed by atoms with E-state index >= 15 is 4.39 Å². The number of nitriles is 1. The zero-order valence-corrected chi connectivity index (χ0v) is 19.7. The molecule has 0 aliphatic rings. The molecule has 4 nitrogen and oxygen atoms in total. The molecule has 0 aliphatic heterocycles. The lowest BCUT2D eigenvalue weighted by Gasteiger charge is -2.09. The van der Waals surface area contributed by atoms with Crippen LogP contribution in [0.5, 0.6) is 0 Å². The van der Waals surface area contributed by atoms with Gasteiger partial charge in [-0.25, -0.2) is 18.7 Å². The number of ether oxygens (including phenoxy) is 1. The molecule has 4 aromatic rings. The SMILES string of the molecule is COCCCc1cnc(CCc2ccc3c(F)c(CCc4ccc(C#N)c(F)c4)ccc3c2)nc1. The van der Waals surface area contributed by atoms with E-state index in [1.54, 1.807) is 19.2 Å². The van der Waals surface area contributed by atoms with Crippen LogP contribution in [0.25, 0.3) is 10.8 Å². The number of methoxy groups -OCH3 is 1. The van der Waals surface area contributed by atoms with Gasteiger partial charge in [0.25, 0.3) is 0 Å². The van der Waals surface area contributed by atoms with E-state index in [1.807, 2.05) is 42.7 Å². The van der Waals surface area contributed by atoms with Crippen molar-refractivity contribution in [3.05, 3.63) is 106 Å². The fourth-order valence-electron chi connectivity index (χ4n) is 4.14. The highest BCUT2D eigenvalue weighted by Gasteiger charge is 2.10. The molecule has 1 aromatic heterocycles. The molecule has 178 valence electrons. The van der Waals surface area contributed by atoms with Gasteiger partial charge < -0.3 is 4.74 Å². The lowest BCUT2D eigenvalue weighted by molar-refractivity contribution is 0.195. The van der Waals surface area contributed by atoms with Gasteiger partial charge in [0, 0.05) is 37.9 Å². The van der Waals surface area contributed by atoms with Crippen LogP contribution in [0.3, 0.4) is 0 Å². The summed E-state index contributed by atoms with van der Waals surface area (Å²) in [7, 11) is 1.70. The number of benzene rings is 3. The van der Waals surface area contributed by atoms with E-state index in [4.69, 9.17) is 10.00 Å². The van der Waals surface area contributed by atoms with Crippen LogP contribution >= 0.6 is 0 Å². The van der Waals surface area contributed by atoms with Crippen molar-refractivity contribution in [2.24, 2.45) is 0 Å². The molecule has 0 amide bonds. The first-order valence-electron chi connectivity index (χ1n) is 11.7. The second kappa shape index (κ2) is 11.6. The van der Waals surface area contributed by atoms with Crippen molar-refractivity contribution >= 4 is 10.8 Å². The van der Waals surface area contributed by atoms with Crippen molar-refractivity contribution in [2.75, 3.05) is 13.7 Å². The molecular formula is C29H27F2N3O. The maximum atomic E-state index is 15.2. The number of hydrogen-bond acceptors (Lipinski definition) is 4. The van der Waals surface area contributed by atoms with Crippen LogP contribution in [-0.2, 0) is 36.8 Å². The summed E-state index contributed by atoms with van der Waals surface area (Å²) in [6, 6.07) is 15.9. The Kier molecular flexibility index (Phi) is 8.12. The number of halogens is 2. The molecule has 0 N–H and O–H groups in total. The van der Waals surface area contributed by atoms with Gasteiger partial charge in [0.2, 0.25) is 0 Å². The van der Waals surface area contributed by atoms with Gasteiger partial charge >= 0.3 is 0 Å². The van der Waals surface area contributed by atoms with Gasteiger partial charge in [-0.15, -0.1) is 0 Å². The fourth-order valence-corrected chi connectivity index (χ4v) is 4.14. The molecule has 0 fully saturated rings. The van der Waals surface area contributed by atoms with Crippen LogP contribution in [0, 0.1) is 23.0 Å². The van der Waals surface area contributed by atoms with E-state index in [0.29, 0.717) is 30.2 Å². The van der Waals surface area contributed by atoms with Gasteiger partial charge in [-0.05, 0) is 71.9 Å². The van der Waals surface area contributed by atoms with Gasteiger partial charge in [0.05, 0.1) is 5.56 Å². The Balaban J connectivity index is 1.38. The quantitative estimate of drug-likeness (QED) is 0.269. The lowest BCUT2D eigenvalue weighted by Crippen LogP contribution is -2.01. The molecule has 0 radical (unpaired) electrons. The second-order valence-corrected chi connectivity index (χ2v) is 8.62. The molecule has 0 unspecified atom stereocenters. The minimum Gasteiger partial charge on any atom is -0.385 e.